The van der Waals surface area contributed by atoms with Crippen LogP contribution in [0.15, 0.2) is 17.2 Å². The van der Waals surface area contributed by atoms with Crippen molar-refractivity contribution in [3.63, 3.8) is 0 Å². The lowest BCUT2D eigenvalue weighted by Gasteiger charge is -2.19. The van der Waals surface area contributed by atoms with E-state index < -0.39 is 10.0 Å². The number of hydrogen-bond donors (Lipinski definition) is 1. The minimum atomic E-state index is -3.52. The Balaban J connectivity index is 3.15. The number of aromatic nitrogens is 1. The van der Waals surface area contributed by atoms with Gasteiger partial charge < -0.3 is 5.73 Å². The summed E-state index contributed by atoms with van der Waals surface area (Å²) in [6.45, 7) is 4.60. The second-order valence-corrected chi connectivity index (χ2v) is 5.88. The summed E-state index contributed by atoms with van der Waals surface area (Å²) in [5, 5.41) is 0.152. The number of nitrogens with zero attached hydrogens (tertiary/aromatic N) is 2. The third kappa shape index (κ3) is 3.08. The summed E-state index contributed by atoms with van der Waals surface area (Å²) in [5.41, 5.74) is 5.45. The minimum Gasteiger partial charge on any atom is -0.382 e. The van der Waals surface area contributed by atoms with E-state index in [-0.39, 0.29) is 15.7 Å². The Hall–Kier alpha value is -0.850. The van der Waals surface area contributed by atoms with Gasteiger partial charge in [0.1, 0.15) is 10.7 Å². The molecule has 1 aromatic heterocycles. The van der Waals surface area contributed by atoms with Crippen LogP contribution in [0, 0.1) is 0 Å². The molecule has 0 saturated carbocycles. The van der Waals surface area contributed by atoms with E-state index in [0.29, 0.717) is 13.1 Å². The van der Waals surface area contributed by atoms with Crippen molar-refractivity contribution in [2.75, 3.05) is 18.8 Å². The molecule has 0 aliphatic carbocycles. The standard InChI is InChI=1S/C10H16ClN3O2S/c1-3-5-14(4-2)17(15,16)8-6-9(11)10(12)13-7-8/h6-7H,3-5H2,1-2H3,(H2,12,13). The van der Waals surface area contributed by atoms with Gasteiger partial charge in [-0.15, -0.1) is 0 Å². The van der Waals surface area contributed by atoms with Crippen LogP contribution in [0.1, 0.15) is 20.3 Å². The van der Waals surface area contributed by atoms with Crippen LogP contribution in [0.5, 0.6) is 0 Å². The molecular formula is C10H16ClN3O2S. The van der Waals surface area contributed by atoms with Crippen molar-refractivity contribution in [3.8, 4) is 0 Å². The van der Waals surface area contributed by atoms with Gasteiger partial charge in [-0.1, -0.05) is 25.4 Å². The number of anilines is 1. The Kier molecular flexibility index (Phi) is 4.73. The molecule has 0 bridgehead atoms. The maximum Gasteiger partial charge on any atom is 0.244 e. The van der Waals surface area contributed by atoms with E-state index in [2.05, 4.69) is 4.98 Å². The van der Waals surface area contributed by atoms with Gasteiger partial charge in [0.25, 0.3) is 0 Å². The van der Waals surface area contributed by atoms with Crippen molar-refractivity contribution >= 4 is 27.4 Å². The first-order chi connectivity index (χ1) is 7.93. The van der Waals surface area contributed by atoms with E-state index in [0.717, 1.165) is 6.42 Å². The number of sulfonamides is 1. The van der Waals surface area contributed by atoms with Crippen LogP contribution in [0.2, 0.25) is 5.02 Å². The van der Waals surface area contributed by atoms with Gasteiger partial charge in [-0.25, -0.2) is 13.4 Å². The van der Waals surface area contributed by atoms with Crippen molar-refractivity contribution in [2.24, 2.45) is 0 Å². The van der Waals surface area contributed by atoms with E-state index >= 15 is 0 Å². The zero-order chi connectivity index (χ0) is 13.1. The third-order valence-corrected chi connectivity index (χ3v) is 4.55. The highest BCUT2D eigenvalue weighted by Gasteiger charge is 2.23. The van der Waals surface area contributed by atoms with E-state index in [9.17, 15) is 8.42 Å². The van der Waals surface area contributed by atoms with Crippen molar-refractivity contribution in [1.29, 1.82) is 0 Å². The Morgan fingerprint density at radius 1 is 1.47 bits per heavy atom. The molecule has 0 unspecified atom stereocenters. The molecule has 2 N–H and O–H groups in total. The van der Waals surface area contributed by atoms with Crippen LogP contribution in [0.25, 0.3) is 0 Å². The van der Waals surface area contributed by atoms with Crippen LogP contribution >= 0.6 is 11.6 Å². The van der Waals surface area contributed by atoms with Crippen LogP contribution in [-0.4, -0.2) is 30.8 Å². The van der Waals surface area contributed by atoms with Crippen molar-refractivity contribution < 1.29 is 8.42 Å². The first-order valence-electron chi connectivity index (χ1n) is 5.34. The molecular weight excluding hydrogens is 262 g/mol. The maximum atomic E-state index is 12.2. The summed E-state index contributed by atoms with van der Waals surface area (Å²) >= 11 is 5.77. The van der Waals surface area contributed by atoms with E-state index in [4.69, 9.17) is 17.3 Å². The zero-order valence-corrected chi connectivity index (χ0v) is 11.4. The highest BCUT2D eigenvalue weighted by Crippen LogP contribution is 2.22. The highest BCUT2D eigenvalue weighted by molar-refractivity contribution is 7.89. The predicted molar refractivity (Wildman–Crippen MR) is 68.4 cm³/mol. The summed E-state index contributed by atoms with van der Waals surface area (Å²) in [4.78, 5) is 3.84. The molecule has 1 rings (SSSR count). The summed E-state index contributed by atoms with van der Waals surface area (Å²) < 4.78 is 25.8. The second-order valence-electron chi connectivity index (χ2n) is 3.53. The number of nitrogens with two attached hydrogens (primary N) is 1. The van der Waals surface area contributed by atoms with Gasteiger partial charge in [-0.3, -0.25) is 0 Å². The third-order valence-electron chi connectivity index (χ3n) is 2.31. The first-order valence-corrected chi connectivity index (χ1v) is 7.16. The highest BCUT2D eigenvalue weighted by atomic mass is 35.5. The lowest BCUT2D eigenvalue weighted by molar-refractivity contribution is 0.427. The fourth-order valence-electron chi connectivity index (χ4n) is 1.42. The fraction of sp³-hybridized carbons (Fsp3) is 0.500. The quantitative estimate of drug-likeness (QED) is 0.889. The van der Waals surface area contributed by atoms with Crippen molar-refractivity contribution in [3.05, 3.63) is 17.3 Å². The molecule has 17 heavy (non-hydrogen) atoms. The molecule has 0 spiro atoms. The van der Waals surface area contributed by atoms with Gasteiger partial charge in [0, 0.05) is 19.3 Å². The average Bonchev–Trinajstić information content (AvgIpc) is 2.29. The molecule has 96 valence electrons. The number of nitrogen functional groups attached to an aromatic ring is 1. The summed E-state index contributed by atoms with van der Waals surface area (Å²) in [7, 11) is -3.52. The average molecular weight is 278 g/mol. The zero-order valence-electron chi connectivity index (χ0n) is 9.85. The molecule has 1 heterocycles. The van der Waals surface area contributed by atoms with E-state index in [1.807, 2.05) is 6.92 Å². The van der Waals surface area contributed by atoms with Crippen molar-refractivity contribution in [1.82, 2.24) is 9.29 Å². The van der Waals surface area contributed by atoms with Gasteiger partial charge in [0.2, 0.25) is 10.0 Å². The topological polar surface area (TPSA) is 76.3 Å². The second kappa shape index (κ2) is 5.66. The smallest absolute Gasteiger partial charge is 0.244 e. The van der Waals surface area contributed by atoms with Crippen molar-refractivity contribution in [2.45, 2.75) is 25.2 Å². The summed E-state index contributed by atoms with van der Waals surface area (Å²) in [5.74, 6) is 0.129. The van der Waals surface area contributed by atoms with Gasteiger partial charge >= 0.3 is 0 Å². The Bertz CT molecular complexity index is 490. The number of hydrogen-bond acceptors (Lipinski definition) is 4. The molecule has 0 fully saturated rings. The summed E-state index contributed by atoms with van der Waals surface area (Å²) in [6, 6.07) is 1.33. The molecule has 0 saturated heterocycles. The molecule has 0 radical (unpaired) electrons. The predicted octanol–water partition coefficient (Wildman–Crippen LogP) is 1.74. The SMILES string of the molecule is CCCN(CC)S(=O)(=O)c1cnc(N)c(Cl)c1. The van der Waals surface area contributed by atoms with Gasteiger partial charge in [0.05, 0.1) is 5.02 Å². The van der Waals surface area contributed by atoms with E-state index in [1.54, 1.807) is 6.92 Å². The number of rotatable bonds is 5. The van der Waals surface area contributed by atoms with Crippen LogP contribution in [-0.2, 0) is 10.0 Å². The lowest BCUT2D eigenvalue weighted by Crippen LogP contribution is -2.31. The minimum absolute atomic E-state index is 0.0759. The molecule has 1 aromatic rings. The Labute approximate surface area is 107 Å². The Morgan fingerprint density at radius 2 is 2.12 bits per heavy atom. The molecule has 0 atom stereocenters. The van der Waals surface area contributed by atoms with Crippen LogP contribution in [0.3, 0.4) is 0 Å². The summed E-state index contributed by atoms with van der Waals surface area (Å²) in [6.07, 6.45) is 1.98. The maximum absolute atomic E-state index is 12.2. The fourth-order valence-corrected chi connectivity index (χ4v) is 3.16. The molecule has 0 aliphatic heterocycles. The Morgan fingerprint density at radius 3 is 2.59 bits per heavy atom. The molecule has 0 amide bonds. The first kappa shape index (κ1) is 14.2. The number of halogens is 1. The lowest BCUT2D eigenvalue weighted by atomic mass is 10.5. The monoisotopic (exact) mass is 277 g/mol. The van der Waals surface area contributed by atoms with Crippen LogP contribution < -0.4 is 5.73 Å². The molecule has 5 nitrogen and oxygen atoms in total. The van der Waals surface area contributed by atoms with Gasteiger partial charge in [-0.2, -0.15) is 4.31 Å². The van der Waals surface area contributed by atoms with Gasteiger partial charge in [-0.05, 0) is 12.5 Å². The van der Waals surface area contributed by atoms with Gasteiger partial charge in [0.15, 0.2) is 0 Å². The molecule has 0 aromatic carbocycles. The van der Waals surface area contributed by atoms with Crippen LogP contribution in [0.4, 0.5) is 5.82 Å². The normalized spacial score (nSPS) is 12.0. The number of pyridine rings is 1. The molecule has 7 heteroatoms. The van der Waals surface area contributed by atoms with E-state index in [1.165, 1.54) is 16.6 Å². The molecule has 0 aliphatic rings. The largest absolute Gasteiger partial charge is 0.382 e.